The Morgan fingerprint density at radius 3 is 2.14 bits per heavy atom. The lowest BCUT2D eigenvalue weighted by atomic mass is 10.0. The largest absolute Gasteiger partial charge is 0.350 e. The van der Waals surface area contributed by atoms with Crippen LogP contribution in [0.2, 0.25) is 0 Å². The fourth-order valence-corrected chi connectivity index (χ4v) is 4.60. The van der Waals surface area contributed by atoms with Crippen LogP contribution in [0, 0.1) is 5.82 Å². The molecule has 0 spiro atoms. The molecule has 3 aromatic rings. The van der Waals surface area contributed by atoms with E-state index in [2.05, 4.69) is 5.32 Å². The highest BCUT2D eigenvalue weighted by Gasteiger charge is 2.32. The van der Waals surface area contributed by atoms with Crippen molar-refractivity contribution in [3.63, 3.8) is 0 Å². The summed E-state index contributed by atoms with van der Waals surface area (Å²) in [5.41, 5.74) is 0.853. The topological polar surface area (TPSA) is 49.4 Å². The lowest BCUT2D eigenvalue weighted by molar-refractivity contribution is -0.141. The van der Waals surface area contributed by atoms with E-state index in [1.165, 1.54) is 11.0 Å². The third kappa shape index (κ3) is 8.55. The molecule has 0 aliphatic heterocycles. The minimum absolute atomic E-state index is 0.0244. The molecule has 0 aromatic heterocycles. The number of carbonyl (C=O) groups excluding carboxylic acids is 2. The molecule has 0 saturated carbocycles. The molecule has 0 heterocycles. The fourth-order valence-electron chi connectivity index (χ4n) is 3.73. The molecule has 35 heavy (non-hydrogen) atoms. The number of halogens is 1. The van der Waals surface area contributed by atoms with E-state index in [0.29, 0.717) is 17.7 Å². The number of rotatable bonds is 10. The van der Waals surface area contributed by atoms with E-state index in [1.54, 1.807) is 30.0 Å². The van der Waals surface area contributed by atoms with Gasteiger partial charge in [0.1, 0.15) is 11.9 Å². The Bertz CT molecular complexity index is 1100. The van der Waals surface area contributed by atoms with Gasteiger partial charge in [-0.1, -0.05) is 66.7 Å². The first-order valence-electron chi connectivity index (χ1n) is 11.8. The molecule has 6 heteroatoms. The number of hydrogen-bond donors (Lipinski definition) is 1. The minimum atomic E-state index is -0.773. The molecule has 1 atom stereocenters. The fraction of sp³-hybridized carbons (Fsp3) is 0.310. The SMILES string of the molecule is CC(C)(C)NC(=O)[C@H](Cc1ccccc1)N(Cc1ccccc1F)C(=O)CCSc1ccccc1. The number of thioether (sulfide) groups is 1. The maximum absolute atomic E-state index is 14.6. The van der Waals surface area contributed by atoms with Gasteiger partial charge in [-0.2, -0.15) is 0 Å². The lowest BCUT2D eigenvalue weighted by Gasteiger charge is -2.34. The summed E-state index contributed by atoms with van der Waals surface area (Å²) in [6.07, 6.45) is 0.580. The Morgan fingerprint density at radius 1 is 0.914 bits per heavy atom. The van der Waals surface area contributed by atoms with Gasteiger partial charge in [0.15, 0.2) is 0 Å². The molecule has 3 rings (SSSR count). The highest BCUT2D eigenvalue weighted by Crippen LogP contribution is 2.21. The van der Waals surface area contributed by atoms with Crippen LogP contribution in [0.25, 0.3) is 0 Å². The van der Waals surface area contributed by atoms with Crippen LogP contribution in [0.3, 0.4) is 0 Å². The Kier molecular flexibility index (Phi) is 9.49. The maximum atomic E-state index is 14.6. The van der Waals surface area contributed by atoms with Gasteiger partial charge in [-0.3, -0.25) is 9.59 Å². The first kappa shape index (κ1) is 26.5. The van der Waals surface area contributed by atoms with Gasteiger partial charge in [0.25, 0.3) is 0 Å². The molecule has 0 aliphatic rings. The van der Waals surface area contributed by atoms with Crippen molar-refractivity contribution < 1.29 is 14.0 Å². The summed E-state index contributed by atoms with van der Waals surface area (Å²) in [6, 6.07) is 25.1. The van der Waals surface area contributed by atoms with Crippen LogP contribution in [0.5, 0.6) is 0 Å². The van der Waals surface area contributed by atoms with Crippen molar-refractivity contribution in [2.45, 2.75) is 56.6 Å². The van der Waals surface area contributed by atoms with Gasteiger partial charge in [-0.05, 0) is 44.5 Å². The second-order valence-electron chi connectivity index (χ2n) is 9.47. The predicted octanol–water partition coefficient (Wildman–Crippen LogP) is 5.86. The number of nitrogens with zero attached hydrogens (tertiary/aromatic N) is 1. The van der Waals surface area contributed by atoms with Gasteiger partial charge in [0.05, 0.1) is 0 Å². The first-order valence-corrected chi connectivity index (χ1v) is 12.8. The lowest BCUT2D eigenvalue weighted by Crippen LogP contribution is -2.54. The zero-order chi connectivity index (χ0) is 25.3. The number of nitrogens with one attached hydrogen (secondary N) is 1. The smallest absolute Gasteiger partial charge is 0.243 e. The summed E-state index contributed by atoms with van der Waals surface area (Å²) in [4.78, 5) is 29.7. The average Bonchev–Trinajstić information content (AvgIpc) is 2.82. The summed E-state index contributed by atoms with van der Waals surface area (Å²) >= 11 is 1.59. The van der Waals surface area contributed by atoms with Crippen LogP contribution >= 0.6 is 11.8 Å². The molecule has 184 valence electrons. The number of benzene rings is 3. The van der Waals surface area contributed by atoms with Crippen LogP contribution in [0.15, 0.2) is 89.8 Å². The van der Waals surface area contributed by atoms with Crippen molar-refractivity contribution >= 4 is 23.6 Å². The van der Waals surface area contributed by atoms with Crippen molar-refractivity contribution in [3.05, 3.63) is 102 Å². The van der Waals surface area contributed by atoms with E-state index in [4.69, 9.17) is 0 Å². The van der Waals surface area contributed by atoms with Crippen LogP contribution in [-0.2, 0) is 22.6 Å². The summed E-state index contributed by atoms with van der Waals surface area (Å²) in [5.74, 6) is -0.252. The van der Waals surface area contributed by atoms with Crippen molar-refractivity contribution in [3.8, 4) is 0 Å². The van der Waals surface area contributed by atoms with E-state index < -0.39 is 17.4 Å². The summed E-state index contributed by atoms with van der Waals surface area (Å²) in [5, 5.41) is 3.03. The highest BCUT2D eigenvalue weighted by molar-refractivity contribution is 7.99. The maximum Gasteiger partial charge on any atom is 0.243 e. The predicted molar refractivity (Wildman–Crippen MR) is 141 cm³/mol. The quantitative estimate of drug-likeness (QED) is 0.361. The van der Waals surface area contributed by atoms with Crippen molar-refractivity contribution in [2.24, 2.45) is 0 Å². The molecular formula is C29H33FN2O2S. The molecule has 0 fully saturated rings. The molecule has 1 N–H and O–H groups in total. The van der Waals surface area contributed by atoms with Crippen molar-refractivity contribution in [1.29, 1.82) is 0 Å². The molecule has 0 unspecified atom stereocenters. The summed E-state index contributed by atoms with van der Waals surface area (Å²) in [6.45, 7) is 5.74. The Morgan fingerprint density at radius 2 is 1.51 bits per heavy atom. The van der Waals surface area contributed by atoms with Crippen LogP contribution in [0.4, 0.5) is 4.39 Å². The van der Waals surface area contributed by atoms with Gasteiger partial charge < -0.3 is 10.2 Å². The van der Waals surface area contributed by atoms with E-state index in [9.17, 15) is 14.0 Å². The van der Waals surface area contributed by atoms with Crippen LogP contribution in [0.1, 0.15) is 38.3 Å². The molecule has 0 saturated heterocycles. The highest BCUT2D eigenvalue weighted by atomic mass is 32.2. The Hall–Kier alpha value is -3.12. The van der Waals surface area contributed by atoms with Gasteiger partial charge in [-0.25, -0.2) is 4.39 Å². The third-order valence-electron chi connectivity index (χ3n) is 5.40. The first-order chi connectivity index (χ1) is 16.7. The summed E-state index contributed by atoms with van der Waals surface area (Å²) < 4.78 is 14.6. The molecule has 0 radical (unpaired) electrons. The third-order valence-corrected chi connectivity index (χ3v) is 6.41. The zero-order valence-corrected chi connectivity index (χ0v) is 21.4. The van der Waals surface area contributed by atoms with E-state index in [-0.39, 0.29) is 24.8 Å². The van der Waals surface area contributed by atoms with E-state index >= 15 is 0 Å². The van der Waals surface area contributed by atoms with Gasteiger partial charge in [0, 0.05) is 41.1 Å². The molecule has 0 aliphatic carbocycles. The zero-order valence-electron chi connectivity index (χ0n) is 20.5. The average molecular weight is 493 g/mol. The summed E-state index contributed by atoms with van der Waals surface area (Å²) in [7, 11) is 0. The molecule has 2 amide bonds. The van der Waals surface area contributed by atoms with E-state index in [1.807, 2.05) is 81.4 Å². The molecule has 4 nitrogen and oxygen atoms in total. The normalized spacial score (nSPS) is 12.1. The number of carbonyl (C=O) groups is 2. The van der Waals surface area contributed by atoms with Gasteiger partial charge >= 0.3 is 0 Å². The van der Waals surface area contributed by atoms with Gasteiger partial charge in [0.2, 0.25) is 11.8 Å². The Labute approximate surface area is 211 Å². The van der Waals surface area contributed by atoms with Gasteiger partial charge in [-0.15, -0.1) is 11.8 Å². The number of hydrogen-bond acceptors (Lipinski definition) is 3. The molecule has 0 bridgehead atoms. The van der Waals surface area contributed by atoms with Crippen LogP contribution < -0.4 is 5.32 Å². The van der Waals surface area contributed by atoms with Crippen molar-refractivity contribution in [2.75, 3.05) is 5.75 Å². The monoisotopic (exact) mass is 492 g/mol. The molecule has 3 aromatic carbocycles. The van der Waals surface area contributed by atoms with E-state index in [0.717, 1.165) is 10.5 Å². The van der Waals surface area contributed by atoms with Crippen molar-refractivity contribution in [1.82, 2.24) is 10.2 Å². The standard InChI is InChI=1S/C29H33FN2O2S/c1-29(2,3)31-28(34)26(20-22-12-6-4-7-13-22)32(21-23-14-10-11-17-25(23)30)27(33)18-19-35-24-15-8-5-9-16-24/h4-17,26H,18-21H2,1-3H3,(H,31,34)/t26-/m0/s1. The second kappa shape index (κ2) is 12.5. The number of amides is 2. The molecular weight excluding hydrogens is 459 g/mol. The van der Waals surface area contributed by atoms with Crippen LogP contribution in [-0.4, -0.2) is 34.0 Å². The Balaban J connectivity index is 1.88. The second-order valence-corrected chi connectivity index (χ2v) is 10.6. The minimum Gasteiger partial charge on any atom is -0.350 e.